The molecule has 0 radical (unpaired) electrons. The van der Waals surface area contributed by atoms with E-state index >= 15 is 0 Å². The highest BCUT2D eigenvalue weighted by Gasteiger charge is 2.77. The molecule has 0 saturated carbocycles. The van der Waals surface area contributed by atoms with E-state index in [4.69, 9.17) is 14.2 Å². The first-order chi connectivity index (χ1) is 24.6. The molecule has 1 aromatic carbocycles. The smallest absolute Gasteiger partial charge is 0.313 e. The Morgan fingerprint density at radius 3 is 2.55 bits per heavy atom. The van der Waals surface area contributed by atoms with Gasteiger partial charge in [-0.05, 0) is 44.6 Å². The minimum atomic E-state index is -1.24. The van der Waals surface area contributed by atoms with Crippen LogP contribution in [0.3, 0.4) is 0 Å². The van der Waals surface area contributed by atoms with E-state index in [9.17, 15) is 24.3 Å². The van der Waals surface area contributed by atoms with Crippen LogP contribution in [0.15, 0.2) is 55.6 Å². The van der Waals surface area contributed by atoms with Crippen LogP contribution in [0.4, 0.5) is 0 Å². The first kappa shape index (κ1) is 40.7. The van der Waals surface area contributed by atoms with E-state index in [1.54, 1.807) is 22.0 Å². The highest BCUT2D eigenvalue weighted by atomic mass is 79.9. The molecular weight excluding hydrogens is 718 g/mol. The summed E-state index contributed by atoms with van der Waals surface area (Å²) in [6.07, 6.45) is 7.36. The third-order valence-corrected chi connectivity index (χ3v) is 11.3. The van der Waals surface area contributed by atoms with E-state index in [0.717, 1.165) is 25.7 Å². The number of halogens is 1. The van der Waals surface area contributed by atoms with Gasteiger partial charge in [0, 0.05) is 44.1 Å². The fraction of sp³-hybridized carbons (Fsp3) is 0.641. The second kappa shape index (κ2) is 19.1. The van der Waals surface area contributed by atoms with Crippen LogP contribution in [0.5, 0.6) is 0 Å². The molecule has 3 saturated heterocycles. The summed E-state index contributed by atoms with van der Waals surface area (Å²) in [6.45, 7) is 12.5. The number of rotatable bonds is 22. The Kier molecular flexibility index (Phi) is 15.3. The molecule has 1 aromatic rings. The SMILES string of the molecule is C=CCCC(=O)N[C@H](COC)[C@H](OC(=O)[C@H]1[C@@H]2O[C@@]3(CC2Br)[C@@H]1C(=O)N(CCCCCCO)[C@@H]3C(=O)N(CC=C)C(C)CCC)c1ccccc1. The average molecular weight is 775 g/mol. The van der Waals surface area contributed by atoms with Gasteiger partial charge >= 0.3 is 5.97 Å². The van der Waals surface area contributed by atoms with Gasteiger partial charge in [-0.1, -0.05) is 84.6 Å². The van der Waals surface area contributed by atoms with E-state index in [-0.39, 0.29) is 48.2 Å². The molecule has 2 bridgehead atoms. The molecule has 3 aliphatic heterocycles. The Bertz CT molecular complexity index is 1360. The van der Waals surface area contributed by atoms with E-state index in [1.807, 2.05) is 37.3 Å². The van der Waals surface area contributed by atoms with Crippen LogP contribution in [-0.4, -0.2) is 107 Å². The highest BCUT2D eigenvalue weighted by Crippen LogP contribution is 2.60. The van der Waals surface area contributed by atoms with Crippen molar-refractivity contribution < 1.29 is 38.5 Å². The Morgan fingerprint density at radius 1 is 1.18 bits per heavy atom. The van der Waals surface area contributed by atoms with Crippen LogP contribution < -0.4 is 5.32 Å². The molecule has 3 aliphatic rings. The first-order valence-corrected chi connectivity index (χ1v) is 19.3. The topological polar surface area (TPSA) is 135 Å². The van der Waals surface area contributed by atoms with Crippen LogP contribution in [0.2, 0.25) is 0 Å². The van der Waals surface area contributed by atoms with Crippen LogP contribution in [0.25, 0.3) is 0 Å². The molecule has 1 spiro atoms. The van der Waals surface area contributed by atoms with Gasteiger partial charge in [-0.3, -0.25) is 19.2 Å². The van der Waals surface area contributed by atoms with Gasteiger partial charge < -0.3 is 34.4 Å². The number of fused-ring (bicyclic) bond motifs is 1. The Labute approximate surface area is 311 Å². The molecule has 2 N–H and O–H groups in total. The molecule has 3 heterocycles. The molecular formula is C39H56BrN3O8. The number of unbranched alkanes of at least 4 members (excludes halogenated alkanes) is 3. The lowest BCUT2D eigenvalue weighted by atomic mass is 9.70. The number of methoxy groups -OCH3 is 1. The third-order valence-electron chi connectivity index (χ3n) is 10.5. The zero-order chi connectivity index (χ0) is 37.1. The molecule has 51 heavy (non-hydrogen) atoms. The standard InChI is InChI=1S/C39H56BrN3O8/c1-6-9-20-30(45)41-29(25-49-5)33(27-18-13-12-14-19-27)50-38(48)31-32-36(46)43(22-15-10-11-16-23-44)35(39(32)24-28(40)34(31)51-39)37(47)42(21-8-3)26(4)17-7-2/h6,8,12-14,18-19,26,28-29,31-35,44H,1,3,7,9-11,15-17,20-25H2,2,4-5H3,(H,41,45)/t26?,28?,29-,31-,32+,33-,34-,35-,39+/m1/s1. The Morgan fingerprint density at radius 2 is 1.90 bits per heavy atom. The number of ether oxygens (including phenoxy) is 3. The number of likely N-dealkylation sites (tertiary alicyclic amines) is 1. The minimum Gasteiger partial charge on any atom is -0.455 e. The summed E-state index contributed by atoms with van der Waals surface area (Å²) in [5, 5.41) is 12.3. The van der Waals surface area contributed by atoms with Crippen molar-refractivity contribution in [1.82, 2.24) is 15.1 Å². The summed E-state index contributed by atoms with van der Waals surface area (Å²) < 4.78 is 18.6. The van der Waals surface area contributed by atoms with Crippen molar-refractivity contribution in [1.29, 1.82) is 0 Å². The van der Waals surface area contributed by atoms with Gasteiger partial charge in [0.2, 0.25) is 17.7 Å². The second-order valence-electron chi connectivity index (χ2n) is 14.0. The number of hydrogen-bond acceptors (Lipinski definition) is 8. The van der Waals surface area contributed by atoms with E-state index in [0.29, 0.717) is 44.3 Å². The largest absolute Gasteiger partial charge is 0.455 e. The van der Waals surface area contributed by atoms with Gasteiger partial charge in [-0.2, -0.15) is 0 Å². The fourth-order valence-corrected chi connectivity index (χ4v) is 9.09. The summed E-state index contributed by atoms with van der Waals surface area (Å²) in [4.78, 5) is 60.0. The van der Waals surface area contributed by atoms with Crippen LogP contribution >= 0.6 is 15.9 Å². The zero-order valence-electron chi connectivity index (χ0n) is 30.3. The molecule has 3 fully saturated rings. The number of hydrogen-bond donors (Lipinski definition) is 2. The van der Waals surface area contributed by atoms with Gasteiger partial charge in [0.25, 0.3) is 0 Å². The summed E-state index contributed by atoms with van der Waals surface area (Å²) in [5.41, 5.74) is -0.577. The number of carbonyl (C=O) groups is 4. The maximum absolute atomic E-state index is 14.7. The quantitative estimate of drug-likeness (QED) is 0.0738. The summed E-state index contributed by atoms with van der Waals surface area (Å²) in [6, 6.07) is 7.41. The number of nitrogens with zero attached hydrogens (tertiary/aromatic N) is 2. The molecule has 11 nitrogen and oxygen atoms in total. The number of nitrogens with one attached hydrogen (secondary N) is 1. The summed E-state index contributed by atoms with van der Waals surface area (Å²) in [5.74, 6) is -3.28. The van der Waals surface area contributed by atoms with Crippen molar-refractivity contribution in [2.24, 2.45) is 11.8 Å². The van der Waals surface area contributed by atoms with E-state index < -0.39 is 47.7 Å². The van der Waals surface area contributed by atoms with Crippen LogP contribution in [-0.2, 0) is 33.4 Å². The van der Waals surface area contributed by atoms with Gasteiger partial charge in [-0.25, -0.2) is 0 Å². The van der Waals surface area contributed by atoms with Gasteiger partial charge in [0.15, 0.2) is 0 Å². The molecule has 9 atom stereocenters. The first-order valence-electron chi connectivity index (χ1n) is 18.4. The Hall–Kier alpha value is -3.06. The predicted molar refractivity (Wildman–Crippen MR) is 198 cm³/mol. The number of amides is 3. The van der Waals surface area contributed by atoms with Crippen molar-refractivity contribution >= 4 is 39.6 Å². The lowest BCUT2D eigenvalue weighted by Gasteiger charge is -2.39. The monoisotopic (exact) mass is 773 g/mol. The molecule has 282 valence electrons. The van der Waals surface area contributed by atoms with Gasteiger partial charge in [0.05, 0.1) is 30.6 Å². The summed E-state index contributed by atoms with van der Waals surface area (Å²) >= 11 is 3.76. The number of carbonyl (C=O) groups excluding carboxylic acids is 4. The average Bonchev–Trinajstić information content (AvgIpc) is 3.71. The number of allylic oxidation sites excluding steroid dienone is 1. The summed E-state index contributed by atoms with van der Waals surface area (Å²) in [7, 11) is 1.51. The lowest BCUT2D eigenvalue weighted by molar-refractivity contribution is -0.163. The normalized spacial score (nSPS) is 26.6. The van der Waals surface area contributed by atoms with Gasteiger partial charge in [0.1, 0.15) is 17.7 Å². The van der Waals surface area contributed by atoms with Crippen LogP contribution in [0, 0.1) is 11.8 Å². The predicted octanol–water partition coefficient (Wildman–Crippen LogP) is 4.87. The molecule has 2 unspecified atom stereocenters. The van der Waals surface area contributed by atoms with E-state index in [1.165, 1.54) is 7.11 Å². The number of aliphatic hydroxyl groups is 1. The number of alkyl halides is 1. The highest BCUT2D eigenvalue weighted by molar-refractivity contribution is 9.09. The van der Waals surface area contributed by atoms with Crippen molar-refractivity contribution in [3.05, 3.63) is 61.2 Å². The number of esters is 1. The second-order valence-corrected chi connectivity index (χ2v) is 15.2. The minimum absolute atomic E-state index is 0.0698. The third kappa shape index (κ3) is 8.95. The number of aliphatic hydroxyl groups excluding tert-OH is 1. The maximum Gasteiger partial charge on any atom is 0.313 e. The lowest BCUT2D eigenvalue weighted by Crippen LogP contribution is -2.58. The van der Waals surface area contributed by atoms with Crippen molar-refractivity contribution in [3.63, 3.8) is 0 Å². The molecule has 12 heteroatoms. The molecule has 3 amide bonds. The van der Waals surface area contributed by atoms with Crippen LogP contribution in [0.1, 0.15) is 83.3 Å². The van der Waals surface area contributed by atoms with Crippen molar-refractivity contribution in [2.75, 3.05) is 33.4 Å². The fourth-order valence-electron chi connectivity index (χ4n) is 8.15. The maximum atomic E-state index is 14.7. The molecule has 4 rings (SSSR count). The molecule has 0 aromatic heterocycles. The zero-order valence-corrected chi connectivity index (χ0v) is 31.9. The van der Waals surface area contributed by atoms with Crippen molar-refractivity contribution in [3.8, 4) is 0 Å². The van der Waals surface area contributed by atoms with E-state index in [2.05, 4.69) is 41.3 Å². The Balaban J connectivity index is 1.71. The number of benzene rings is 1. The molecule has 0 aliphatic carbocycles. The van der Waals surface area contributed by atoms with Gasteiger partial charge in [-0.15, -0.1) is 13.2 Å². The van der Waals surface area contributed by atoms with Crippen molar-refractivity contribution in [2.45, 2.75) is 112 Å².